The Bertz CT molecular complexity index is 658. The van der Waals surface area contributed by atoms with E-state index in [1.54, 1.807) is 42.5 Å². The minimum Gasteiger partial charge on any atom is -0.453 e. The van der Waals surface area contributed by atoms with Gasteiger partial charge < -0.3 is 10.1 Å². The quantitative estimate of drug-likeness (QED) is 0.757. The van der Waals surface area contributed by atoms with Crippen LogP contribution in [-0.2, 0) is 20.7 Å². The van der Waals surface area contributed by atoms with Crippen molar-refractivity contribution in [1.82, 2.24) is 0 Å². The number of amides is 1. The Labute approximate surface area is 144 Å². The van der Waals surface area contributed by atoms with Gasteiger partial charge in [-0.25, -0.2) is 0 Å². The third kappa shape index (κ3) is 5.69. The van der Waals surface area contributed by atoms with Crippen LogP contribution in [0.2, 0.25) is 5.02 Å². The lowest BCUT2D eigenvalue weighted by atomic mass is 10.2. The molecule has 0 unspecified atom stereocenters. The van der Waals surface area contributed by atoms with Crippen molar-refractivity contribution in [2.24, 2.45) is 0 Å². The molecule has 23 heavy (non-hydrogen) atoms. The lowest BCUT2D eigenvalue weighted by Crippen LogP contribution is -2.30. The van der Waals surface area contributed by atoms with E-state index in [2.05, 4.69) is 5.32 Å². The number of thiophene rings is 1. The molecule has 6 heteroatoms. The fourth-order valence-electron chi connectivity index (χ4n) is 1.97. The van der Waals surface area contributed by atoms with Crippen LogP contribution in [0.1, 0.15) is 24.6 Å². The number of benzene rings is 1. The summed E-state index contributed by atoms with van der Waals surface area (Å²) in [7, 11) is 0. The highest BCUT2D eigenvalue weighted by Gasteiger charge is 2.18. The second-order valence-electron chi connectivity index (χ2n) is 5.03. The standard InChI is InChI=1S/C17H18ClNO3S/c1-12(17(21)19-15-9-3-2-8-14(15)18)22-16(20)10-4-6-13-7-5-11-23-13/h2-3,5,7-9,11-12H,4,6,10H2,1H3,(H,19,21)/t12-/m1/s1. The van der Waals surface area contributed by atoms with Crippen LogP contribution in [0.5, 0.6) is 0 Å². The van der Waals surface area contributed by atoms with Gasteiger partial charge in [-0.05, 0) is 43.3 Å². The van der Waals surface area contributed by atoms with E-state index in [1.165, 1.54) is 4.88 Å². The molecule has 2 rings (SSSR count). The maximum Gasteiger partial charge on any atom is 0.306 e. The highest BCUT2D eigenvalue weighted by Crippen LogP contribution is 2.20. The molecule has 1 aromatic carbocycles. The number of para-hydroxylation sites is 1. The van der Waals surface area contributed by atoms with E-state index in [1.807, 2.05) is 17.5 Å². The number of hydrogen-bond donors (Lipinski definition) is 1. The number of carbonyl (C=O) groups is 2. The molecular formula is C17H18ClNO3S. The van der Waals surface area contributed by atoms with Crippen LogP contribution in [-0.4, -0.2) is 18.0 Å². The van der Waals surface area contributed by atoms with Gasteiger partial charge in [-0.15, -0.1) is 11.3 Å². The molecule has 0 spiro atoms. The predicted octanol–water partition coefficient (Wildman–Crippen LogP) is 4.29. The summed E-state index contributed by atoms with van der Waals surface area (Å²) >= 11 is 7.64. The van der Waals surface area contributed by atoms with Gasteiger partial charge in [0.2, 0.25) is 0 Å². The molecule has 0 radical (unpaired) electrons. The Balaban J connectivity index is 1.74. The first-order valence-corrected chi connectivity index (χ1v) is 8.59. The molecule has 4 nitrogen and oxygen atoms in total. The lowest BCUT2D eigenvalue weighted by molar-refractivity contribution is -0.153. The van der Waals surface area contributed by atoms with Crippen molar-refractivity contribution in [1.29, 1.82) is 0 Å². The summed E-state index contributed by atoms with van der Waals surface area (Å²) in [5.74, 6) is -0.770. The number of rotatable bonds is 7. The molecule has 0 saturated heterocycles. The summed E-state index contributed by atoms with van der Waals surface area (Å²) in [6.45, 7) is 1.54. The first-order chi connectivity index (χ1) is 11.1. The highest BCUT2D eigenvalue weighted by molar-refractivity contribution is 7.09. The number of carbonyl (C=O) groups excluding carboxylic acids is 2. The normalized spacial score (nSPS) is 11.7. The van der Waals surface area contributed by atoms with Crippen molar-refractivity contribution in [2.75, 3.05) is 5.32 Å². The Morgan fingerprint density at radius 2 is 2.04 bits per heavy atom. The van der Waals surface area contributed by atoms with Crippen LogP contribution in [0.4, 0.5) is 5.69 Å². The molecule has 0 fully saturated rings. The molecule has 0 aliphatic heterocycles. The molecule has 0 aliphatic carbocycles. The average molecular weight is 352 g/mol. The molecule has 0 saturated carbocycles. The fraction of sp³-hybridized carbons (Fsp3) is 0.294. The summed E-state index contributed by atoms with van der Waals surface area (Å²) in [6.07, 6.45) is 0.979. The molecule has 1 amide bonds. The second-order valence-corrected chi connectivity index (χ2v) is 6.47. The van der Waals surface area contributed by atoms with Gasteiger partial charge in [0.1, 0.15) is 0 Å². The summed E-state index contributed by atoms with van der Waals surface area (Å²) in [5, 5.41) is 5.10. The number of esters is 1. The van der Waals surface area contributed by atoms with Crippen molar-refractivity contribution in [3.8, 4) is 0 Å². The van der Waals surface area contributed by atoms with Gasteiger partial charge in [0.25, 0.3) is 5.91 Å². The van der Waals surface area contributed by atoms with Crippen LogP contribution in [0, 0.1) is 0 Å². The van der Waals surface area contributed by atoms with Crippen LogP contribution in [0.25, 0.3) is 0 Å². The van der Waals surface area contributed by atoms with Crippen molar-refractivity contribution >= 4 is 40.5 Å². The summed E-state index contributed by atoms with van der Waals surface area (Å²) in [5.41, 5.74) is 0.500. The van der Waals surface area contributed by atoms with Gasteiger partial charge in [0, 0.05) is 11.3 Å². The third-order valence-corrected chi connectivity index (χ3v) is 4.46. The van der Waals surface area contributed by atoms with Gasteiger partial charge in [-0.1, -0.05) is 29.8 Å². The highest BCUT2D eigenvalue weighted by atomic mass is 35.5. The smallest absolute Gasteiger partial charge is 0.306 e. The van der Waals surface area contributed by atoms with E-state index in [0.717, 1.165) is 6.42 Å². The predicted molar refractivity (Wildman–Crippen MR) is 92.9 cm³/mol. The van der Waals surface area contributed by atoms with Gasteiger partial charge in [-0.2, -0.15) is 0 Å². The van der Waals surface area contributed by atoms with E-state index in [4.69, 9.17) is 16.3 Å². The summed E-state index contributed by atoms with van der Waals surface area (Å²) in [6, 6.07) is 10.9. The van der Waals surface area contributed by atoms with Crippen molar-refractivity contribution < 1.29 is 14.3 Å². The molecular weight excluding hydrogens is 334 g/mol. The molecule has 1 heterocycles. The van der Waals surface area contributed by atoms with Crippen LogP contribution < -0.4 is 5.32 Å². The molecule has 122 valence electrons. The molecule has 1 aromatic heterocycles. The second kappa shape index (κ2) is 8.70. The zero-order chi connectivity index (χ0) is 16.7. The summed E-state index contributed by atoms with van der Waals surface area (Å²) < 4.78 is 5.15. The molecule has 0 aliphatic rings. The van der Waals surface area contributed by atoms with Crippen LogP contribution in [0.15, 0.2) is 41.8 Å². The molecule has 2 aromatic rings. The Morgan fingerprint density at radius 1 is 1.26 bits per heavy atom. The van der Waals surface area contributed by atoms with Crippen LogP contribution in [0.3, 0.4) is 0 Å². The van der Waals surface area contributed by atoms with E-state index >= 15 is 0 Å². The zero-order valence-corrected chi connectivity index (χ0v) is 14.3. The average Bonchev–Trinajstić information content (AvgIpc) is 3.02. The number of hydrogen-bond acceptors (Lipinski definition) is 4. The van der Waals surface area contributed by atoms with Gasteiger partial charge in [0.05, 0.1) is 10.7 Å². The number of nitrogens with one attached hydrogen (secondary N) is 1. The Hall–Kier alpha value is -1.85. The Morgan fingerprint density at radius 3 is 2.74 bits per heavy atom. The number of halogens is 1. The lowest BCUT2D eigenvalue weighted by Gasteiger charge is -2.14. The minimum absolute atomic E-state index is 0.293. The number of aryl methyl sites for hydroxylation is 1. The van der Waals surface area contributed by atoms with Gasteiger partial charge >= 0.3 is 5.97 Å². The van der Waals surface area contributed by atoms with Crippen LogP contribution >= 0.6 is 22.9 Å². The zero-order valence-electron chi connectivity index (χ0n) is 12.8. The van der Waals surface area contributed by atoms with E-state index in [0.29, 0.717) is 23.6 Å². The third-order valence-electron chi connectivity index (χ3n) is 3.19. The SMILES string of the molecule is C[C@@H](OC(=O)CCCc1cccs1)C(=O)Nc1ccccc1Cl. The van der Waals surface area contributed by atoms with E-state index in [-0.39, 0.29) is 5.97 Å². The molecule has 1 atom stereocenters. The first kappa shape index (κ1) is 17.5. The van der Waals surface area contributed by atoms with Crippen molar-refractivity contribution in [2.45, 2.75) is 32.3 Å². The number of ether oxygens (including phenoxy) is 1. The van der Waals surface area contributed by atoms with E-state index in [9.17, 15) is 9.59 Å². The molecule has 0 bridgehead atoms. The summed E-state index contributed by atoms with van der Waals surface area (Å²) in [4.78, 5) is 25.0. The van der Waals surface area contributed by atoms with Crippen molar-refractivity contribution in [3.63, 3.8) is 0 Å². The van der Waals surface area contributed by atoms with Crippen molar-refractivity contribution in [3.05, 3.63) is 51.7 Å². The van der Waals surface area contributed by atoms with Gasteiger partial charge in [0.15, 0.2) is 6.10 Å². The number of anilines is 1. The topological polar surface area (TPSA) is 55.4 Å². The fourth-order valence-corrected chi connectivity index (χ4v) is 2.90. The molecule has 1 N–H and O–H groups in total. The van der Waals surface area contributed by atoms with Gasteiger partial charge in [-0.3, -0.25) is 9.59 Å². The minimum atomic E-state index is -0.861. The largest absolute Gasteiger partial charge is 0.453 e. The van der Waals surface area contributed by atoms with E-state index < -0.39 is 12.0 Å². The maximum atomic E-state index is 12.0. The Kier molecular flexibility index (Phi) is 6.62. The monoisotopic (exact) mass is 351 g/mol. The first-order valence-electron chi connectivity index (χ1n) is 7.33. The maximum absolute atomic E-state index is 12.0.